The molecule has 1 atom stereocenters. The maximum absolute atomic E-state index is 5.65. The first kappa shape index (κ1) is 22.9. The molecule has 35 heavy (non-hydrogen) atoms. The predicted octanol–water partition coefficient (Wildman–Crippen LogP) is 3.73. The van der Waals surface area contributed by atoms with Crippen molar-refractivity contribution in [1.29, 1.82) is 0 Å². The monoisotopic (exact) mass is 472 g/mol. The maximum Gasteiger partial charge on any atom is 0.278 e. The van der Waals surface area contributed by atoms with Crippen LogP contribution in [0.3, 0.4) is 0 Å². The molecule has 1 aromatic carbocycles. The van der Waals surface area contributed by atoms with Gasteiger partial charge in [-0.1, -0.05) is 35.8 Å². The average Bonchev–Trinajstić information content (AvgIpc) is 3.35. The van der Waals surface area contributed by atoms with Crippen LogP contribution >= 0.6 is 0 Å². The van der Waals surface area contributed by atoms with Gasteiger partial charge >= 0.3 is 0 Å². The lowest BCUT2D eigenvalue weighted by Gasteiger charge is -2.41. The normalized spacial score (nSPS) is 15.4. The number of nitrogens with one attached hydrogen (secondary N) is 1. The molecule has 180 valence electrons. The fourth-order valence-corrected chi connectivity index (χ4v) is 4.38. The summed E-state index contributed by atoms with van der Waals surface area (Å²) in [5, 5.41) is 7.54. The van der Waals surface area contributed by atoms with Crippen LogP contribution < -0.4 is 11.1 Å². The van der Waals surface area contributed by atoms with Gasteiger partial charge in [0.1, 0.15) is 11.5 Å². The van der Waals surface area contributed by atoms with E-state index in [1.54, 1.807) is 31.9 Å². The van der Waals surface area contributed by atoms with Crippen LogP contribution in [-0.2, 0) is 10.2 Å². The highest BCUT2D eigenvalue weighted by Gasteiger charge is 2.44. The van der Waals surface area contributed by atoms with E-state index in [9.17, 15) is 0 Å². The molecule has 3 aromatic heterocycles. The Morgan fingerprint density at radius 2 is 1.80 bits per heavy atom. The largest absolute Gasteiger partial charge is 0.383 e. The summed E-state index contributed by atoms with van der Waals surface area (Å²) < 4.78 is 10.7. The van der Waals surface area contributed by atoms with E-state index in [1.807, 2.05) is 0 Å². The van der Waals surface area contributed by atoms with E-state index < -0.39 is 0 Å². The van der Waals surface area contributed by atoms with Crippen LogP contribution in [0.25, 0.3) is 22.7 Å². The SMILES string of the molecule is COCCNc1cnc(-c2nc(C(C)(c3ccc(-c4cnc(N)nc4)cc3)C3CCC3)no2)cn1. The Hall–Kier alpha value is -3.92. The molecule has 1 fully saturated rings. The molecule has 10 nitrogen and oxygen atoms in total. The summed E-state index contributed by atoms with van der Waals surface area (Å²) in [6, 6.07) is 8.40. The van der Waals surface area contributed by atoms with E-state index in [0.29, 0.717) is 42.3 Å². The number of hydrogen-bond donors (Lipinski definition) is 2. The molecule has 0 spiro atoms. The molecule has 1 aliphatic carbocycles. The lowest BCUT2D eigenvalue weighted by atomic mass is 9.62. The van der Waals surface area contributed by atoms with Gasteiger partial charge in [-0.25, -0.2) is 19.9 Å². The van der Waals surface area contributed by atoms with Crippen molar-refractivity contribution in [2.24, 2.45) is 5.92 Å². The quantitative estimate of drug-likeness (QED) is 0.346. The summed E-state index contributed by atoms with van der Waals surface area (Å²) in [7, 11) is 1.66. The van der Waals surface area contributed by atoms with Crippen molar-refractivity contribution in [2.45, 2.75) is 31.6 Å². The molecule has 0 aliphatic heterocycles. The highest BCUT2D eigenvalue weighted by Crippen LogP contribution is 2.47. The first-order valence-electron chi connectivity index (χ1n) is 11.7. The molecule has 1 saturated carbocycles. The lowest BCUT2D eigenvalue weighted by molar-refractivity contribution is 0.199. The number of methoxy groups -OCH3 is 1. The number of nitrogens with zero attached hydrogens (tertiary/aromatic N) is 6. The number of ether oxygens (including phenoxy) is 1. The molecular formula is C25H28N8O2. The molecule has 10 heteroatoms. The minimum Gasteiger partial charge on any atom is -0.383 e. The first-order chi connectivity index (χ1) is 17.1. The van der Waals surface area contributed by atoms with Crippen LogP contribution in [0.5, 0.6) is 0 Å². The average molecular weight is 473 g/mol. The van der Waals surface area contributed by atoms with Crippen LogP contribution in [0.1, 0.15) is 37.6 Å². The molecule has 3 N–H and O–H groups in total. The lowest BCUT2D eigenvalue weighted by Crippen LogP contribution is -2.38. The first-order valence-corrected chi connectivity index (χ1v) is 11.7. The van der Waals surface area contributed by atoms with Crippen LogP contribution in [0, 0.1) is 5.92 Å². The van der Waals surface area contributed by atoms with Crippen LogP contribution in [0.2, 0.25) is 0 Å². The molecule has 3 heterocycles. The number of rotatable bonds is 9. The van der Waals surface area contributed by atoms with Gasteiger partial charge in [-0.05, 0) is 36.8 Å². The Bertz CT molecular complexity index is 1250. The Morgan fingerprint density at radius 3 is 2.43 bits per heavy atom. The molecule has 5 rings (SSSR count). The second-order valence-corrected chi connectivity index (χ2v) is 8.87. The third-order valence-electron chi connectivity index (χ3n) is 6.79. The number of hydrogen-bond acceptors (Lipinski definition) is 10. The molecule has 1 unspecified atom stereocenters. The third-order valence-corrected chi connectivity index (χ3v) is 6.79. The predicted molar refractivity (Wildman–Crippen MR) is 131 cm³/mol. The Kier molecular flexibility index (Phi) is 6.37. The number of nitrogens with two attached hydrogens (primary N) is 1. The van der Waals surface area contributed by atoms with Crippen molar-refractivity contribution >= 4 is 11.8 Å². The van der Waals surface area contributed by atoms with Gasteiger partial charge < -0.3 is 20.3 Å². The van der Waals surface area contributed by atoms with Gasteiger partial charge in [0, 0.05) is 31.6 Å². The number of benzene rings is 1. The van der Waals surface area contributed by atoms with Gasteiger partial charge in [0.25, 0.3) is 5.89 Å². The van der Waals surface area contributed by atoms with Gasteiger partial charge in [0.2, 0.25) is 5.95 Å². The summed E-state index contributed by atoms with van der Waals surface area (Å²) in [4.78, 5) is 21.8. The van der Waals surface area contributed by atoms with Crippen molar-refractivity contribution in [3.63, 3.8) is 0 Å². The van der Waals surface area contributed by atoms with Gasteiger partial charge in [-0.3, -0.25) is 0 Å². The molecule has 0 radical (unpaired) electrons. The van der Waals surface area contributed by atoms with Crippen LogP contribution in [-0.4, -0.2) is 50.3 Å². The maximum atomic E-state index is 5.65. The number of anilines is 2. The number of nitrogen functional groups attached to an aromatic ring is 1. The molecule has 0 bridgehead atoms. The fraction of sp³-hybridized carbons (Fsp3) is 0.360. The summed E-state index contributed by atoms with van der Waals surface area (Å²) in [5.74, 6) is 2.37. The summed E-state index contributed by atoms with van der Waals surface area (Å²) in [6.45, 7) is 3.44. The molecule has 4 aromatic rings. The van der Waals surface area contributed by atoms with Gasteiger partial charge in [0.15, 0.2) is 5.82 Å². The Balaban J connectivity index is 1.41. The Labute approximate surface area is 203 Å². The summed E-state index contributed by atoms with van der Waals surface area (Å²) >= 11 is 0. The molecule has 0 amide bonds. The zero-order valence-corrected chi connectivity index (χ0v) is 19.8. The number of aromatic nitrogens is 6. The standard InChI is InChI=1S/C25H28N8O2/c1-25(18-4-3-5-18,19-8-6-16(7-9-19)17-12-30-24(26)31-13-17)23-32-22(35-33-23)20-14-29-21(15-28-20)27-10-11-34-2/h6-9,12-15,18H,3-5,10-11H2,1-2H3,(H,27,29)(H2,26,30,31). The van der Waals surface area contributed by atoms with Crippen LogP contribution in [0.15, 0.2) is 53.6 Å². The molecule has 0 saturated heterocycles. The van der Waals surface area contributed by atoms with Crippen molar-refractivity contribution in [2.75, 3.05) is 31.3 Å². The second kappa shape index (κ2) is 9.75. The van der Waals surface area contributed by atoms with E-state index >= 15 is 0 Å². The summed E-state index contributed by atoms with van der Waals surface area (Å²) in [5.41, 5.74) is 8.85. The second-order valence-electron chi connectivity index (χ2n) is 8.87. The zero-order valence-electron chi connectivity index (χ0n) is 19.8. The minimum absolute atomic E-state index is 0.262. The van der Waals surface area contributed by atoms with E-state index in [0.717, 1.165) is 29.5 Å². The van der Waals surface area contributed by atoms with Gasteiger partial charge in [-0.15, -0.1) is 0 Å². The van der Waals surface area contributed by atoms with E-state index in [1.165, 1.54) is 6.42 Å². The highest BCUT2D eigenvalue weighted by molar-refractivity contribution is 5.62. The summed E-state index contributed by atoms with van der Waals surface area (Å²) in [6.07, 6.45) is 10.2. The molecule has 1 aliphatic rings. The molecular weight excluding hydrogens is 444 g/mol. The van der Waals surface area contributed by atoms with E-state index in [-0.39, 0.29) is 11.4 Å². The third kappa shape index (κ3) is 4.57. The minimum atomic E-state index is -0.384. The smallest absolute Gasteiger partial charge is 0.278 e. The van der Waals surface area contributed by atoms with Crippen molar-refractivity contribution in [3.05, 3.63) is 60.4 Å². The van der Waals surface area contributed by atoms with Crippen molar-refractivity contribution < 1.29 is 9.26 Å². The topological polar surface area (TPSA) is 138 Å². The Morgan fingerprint density at radius 1 is 1.03 bits per heavy atom. The zero-order chi connectivity index (χ0) is 24.3. The van der Waals surface area contributed by atoms with Crippen molar-refractivity contribution in [1.82, 2.24) is 30.1 Å². The van der Waals surface area contributed by atoms with Gasteiger partial charge in [-0.2, -0.15) is 4.98 Å². The van der Waals surface area contributed by atoms with E-state index in [2.05, 4.69) is 61.6 Å². The van der Waals surface area contributed by atoms with E-state index in [4.69, 9.17) is 20.0 Å². The fourth-order valence-electron chi connectivity index (χ4n) is 4.38. The van der Waals surface area contributed by atoms with Crippen LogP contribution in [0.4, 0.5) is 11.8 Å². The highest BCUT2D eigenvalue weighted by atomic mass is 16.5. The van der Waals surface area contributed by atoms with Crippen molar-refractivity contribution in [3.8, 4) is 22.7 Å². The van der Waals surface area contributed by atoms with Gasteiger partial charge in [0.05, 0.1) is 24.4 Å².